The highest BCUT2D eigenvalue weighted by atomic mass is 15.2. The van der Waals surface area contributed by atoms with Crippen LogP contribution in [0.2, 0.25) is 0 Å². The van der Waals surface area contributed by atoms with Crippen molar-refractivity contribution in [3.63, 3.8) is 0 Å². The Morgan fingerprint density at radius 2 is 0.906 bits per heavy atom. The molecule has 10 aromatic carbocycles. The number of fused-ring (bicyclic) bond motifs is 5. The standard InChI is InChI=1S/C78H65BN6/c1-9-10-35-65-51(2)83(71-38-24-39-72-73(71)79(65)66-36-20-21-37-70(66)84(72)60-32-18-13-19-33-60)61-34-23-30-55(47-61)54-29-22-31-56(46-54)62-48-57(76-81-74(52-25-14-11-15-26-52)80-75(82-76)53-27-16-12-17-28-53)40-43-67(62)85-68-44-41-58(77(3,4)5)49-63(68)64-50-59(78(6,7)8)42-45-69(64)85/h9-50H,1H2,2-8H3/b35-10-. The molecule has 0 fully saturated rings. The number of allylic oxidation sites excluding steroid dienone is 5. The monoisotopic (exact) mass is 1100 g/mol. The molecule has 0 aliphatic carbocycles. The molecule has 410 valence electrons. The maximum absolute atomic E-state index is 5.26. The van der Waals surface area contributed by atoms with Crippen LogP contribution < -0.4 is 20.7 Å². The van der Waals surface area contributed by atoms with E-state index in [9.17, 15) is 0 Å². The normalized spacial score (nSPS) is 13.2. The molecule has 12 aromatic rings. The summed E-state index contributed by atoms with van der Waals surface area (Å²) in [5, 5.41) is 2.47. The highest BCUT2D eigenvalue weighted by Crippen LogP contribution is 2.46. The van der Waals surface area contributed by atoms with Gasteiger partial charge in [-0.25, -0.2) is 15.0 Å². The molecule has 14 rings (SSSR count). The van der Waals surface area contributed by atoms with Gasteiger partial charge in [0.05, 0.1) is 16.7 Å². The lowest BCUT2D eigenvalue weighted by Crippen LogP contribution is -2.55. The Bertz CT molecular complexity index is 4530. The number of anilines is 5. The van der Waals surface area contributed by atoms with Gasteiger partial charge < -0.3 is 14.4 Å². The second-order valence-corrected chi connectivity index (χ2v) is 24.5. The smallest absolute Gasteiger partial charge is 0.251 e. The van der Waals surface area contributed by atoms with Crippen molar-refractivity contribution in [3.05, 3.63) is 284 Å². The molecule has 0 amide bonds. The molecule has 2 aromatic heterocycles. The van der Waals surface area contributed by atoms with Crippen LogP contribution in [0, 0.1) is 0 Å². The summed E-state index contributed by atoms with van der Waals surface area (Å²) in [6.07, 6.45) is 6.23. The molecule has 0 saturated carbocycles. The van der Waals surface area contributed by atoms with Gasteiger partial charge in [-0.15, -0.1) is 0 Å². The maximum atomic E-state index is 5.26. The number of aromatic nitrogens is 4. The number of benzene rings is 10. The molecule has 0 N–H and O–H groups in total. The molecule has 2 aliphatic rings. The number of para-hydroxylation sites is 2. The summed E-state index contributed by atoms with van der Waals surface area (Å²) in [6.45, 7) is 20.2. The molecule has 6 nitrogen and oxygen atoms in total. The van der Waals surface area contributed by atoms with Gasteiger partial charge in [0.25, 0.3) is 6.71 Å². The minimum atomic E-state index is -0.0386. The fourth-order valence-corrected chi connectivity index (χ4v) is 12.8. The zero-order valence-electron chi connectivity index (χ0n) is 49.2. The van der Waals surface area contributed by atoms with E-state index in [2.05, 4.69) is 282 Å². The Morgan fingerprint density at radius 3 is 1.52 bits per heavy atom. The Hall–Kier alpha value is -10.1. The summed E-state index contributed by atoms with van der Waals surface area (Å²) in [5.41, 5.74) is 23.6. The van der Waals surface area contributed by atoms with Crippen LogP contribution in [0.25, 0.3) is 83.9 Å². The Kier molecular flexibility index (Phi) is 13.0. The average Bonchev–Trinajstić information content (AvgIpc) is 1.05. The molecule has 0 bridgehead atoms. The van der Waals surface area contributed by atoms with Gasteiger partial charge in [0.2, 0.25) is 0 Å². The van der Waals surface area contributed by atoms with Gasteiger partial charge in [0, 0.05) is 67.2 Å². The van der Waals surface area contributed by atoms with Crippen LogP contribution in [-0.4, -0.2) is 26.2 Å². The van der Waals surface area contributed by atoms with Gasteiger partial charge in [-0.3, -0.25) is 0 Å². The van der Waals surface area contributed by atoms with Crippen molar-refractivity contribution in [3.8, 4) is 62.1 Å². The van der Waals surface area contributed by atoms with Gasteiger partial charge in [-0.2, -0.15) is 0 Å². The molecule has 0 saturated heterocycles. The summed E-state index contributed by atoms with van der Waals surface area (Å²) < 4.78 is 2.48. The van der Waals surface area contributed by atoms with Crippen molar-refractivity contribution in [2.45, 2.75) is 59.3 Å². The highest BCUT2D eigenvalue weighted by Gasteiger charge is 2.42. The van der Waals surface area contributed by atoms with E-state index in [0.717, 1.165) is 72.7 Å². The molecule has 0 atom stereocenters. The molecule has 0 spiro atoms. The molecule has 4 heterocycles. The molecular formula is C78H65BN6. The molecule has 2 aliphatic heterocycles. The minimum absolute atomic E-state index is 0.0163. The summed E-state index contributed by atoms with van der Waals surface area (Å²) in [6, 6.07) is 85.8. The predicted molar refractivity (Wildman–Crippen MR) is 359 cm³/mol. The van der Waals surface area contributed by atoms with E-state index in [0.29, 0.717) is 17.5 Å². The largest absolute Gasteiger partial charge is 0.315 e. The summed E-state index contributed by atoms with van der Waals surface area (Å²) in [5.74, 6) is 1.84. The third-order valence-corrected chi connectivity index (χ3v) is 17.1. The van der Waals surface area contributed by atoms with Gasteiger partial charge in [-0.1, -0.05) is 212 Å². The lowest BCUT2D eigenvalue weighted by atomic mass is 9.33. The van der Waals surface area contributed by atoms with E-state index in [1.807, 2.05) is 42.5 Å². The molecule has 0 radical (unpaired) electrons. The molecule has 7 heteroatoms. The first-order valence-electron chi connectivity index (χ1n) is 29.5. The number of hydrogen-bond donors (Lipinski definition) is 0. The zero-order chi connectivity index (χ0) is 58.1. The number of hydrogen-bond acceptors (Lipinski definition) is 5. The van der Waals surface area contributed by atoms with Crippen LogP contribution in [-0.2, 0) is 10.8 Å². The topological polar surface area (TPSA) is 50.1 Å². The first-order valence-corrected chi connectivity index (χ1v) is 29.5. The van der Waals surface area contributed by atoms with Crippen molar-refractivity contribution in [2.75, 3.05) is 9.80 Å². The van der Waals surface area contributed by atoms with Gasteiger partial charge in [-0.05, 0) is 153 Å². The van der Waals surface area contributed by atoms with Crippen LogP contribution in [0.5, 0.6) is 0 Å². The SMILES string of the molecule is C=C/C=C\C1=C(C)N(c2cccc(-c3cccc(-c4cc(-c5nc(-c6ccccc6)nc(-c6ccccc6)n5)ccc4-n4c5ccc(C(C)(C)C)cc5c5cc(C(C)(C)C)ccc54)c3)c2)c2cccc3c2B1c1ccccc1N3c1ccccc1. The van der Waals surface area contributed by atoms with E-state index in [-0.39, 0.29) is 17.5 Å². The summed E-state index contributed by atoms with van der Waals surface area (Å²) >= 11 is 0. The molecule has 0 unspecified atom stereocenters. The zero-order valence-corrected chi connectivity index (χ0v) is 49.2. The maximum Gasteiger partial charge on any atom is 0.251 e. The second kappa shape index (κ2) is 21.0. The Balaban J connectivity index is 0.961. The first-order chi connectivity index (χ1) is 41.3. The van der Waals surface area contributed by atoms with Crippen LogP contribution in [0.3, 0.4) is 0 Å². The first kappa shape index (κ1) is 52.9. The van der Waals surface area contributed by atoms with Crippen LogP contribution in [0.15, 0.2) is 273 Å². The van der Waals surface area contributed by atoms with Gasteiger partial charge in [0.15, 0.2) is 17.5 Å². The third-order valence-electron chi connectivity index (χ3n) is 17.1. The van der Waals surface area contributed by atoms with Crippen molar-refractivity contribution >= 4 is 67.9 Å². The van der Waals surface area contributed by atoms with E-state index in [1.54, 1.807) is 0 Å². The van der Waals surface area contributed by atoms with Gasteiger partial charge in [0.1, 0.15) is 0 Å². The predicted octanol–water partition coefficient (Wildman–Crippen LogP) is 19.0. The average molecular weight is 1100 g/mol. The summed E-state index contributed by atoms with van der Waals surface area (Å²) in [4.78, 5) is 20.5. The third kappa shape index (κ3) is 9.37. The van der Waals surface area contributed by atoms with E-state index in [1.165, 1.54) is 55.4 Å². The fourth-order valence-electron chi connectivity index (χ4n) is 12.8. The summed E-state index contributed by atoms with van der Waals surface area (Å²) in [7, 11) is 0. The van der Waals surface area contributed by atoms with Crippen LogP contribution in [0.1, 0.15) is 59.6 Å². The van der Waals surface area contributed by atoms with E-state index >= 15 is 0 Å². The number of nitrogens with zero attached hydrogens (tertiary/aromatic N) is 6. The Labute approximate surface area is 499 Å². The number of rotatable bonds is 10. The van der Waals surface area contributed by atoms with E-state index < -0.39 is 0 Å². The minimum Gasteiger partial charge on any atom is -0.315 e. The highest BCUT2D eigenvalue weighted by molar-refractivity contribution is 6.95. The van der Waals surface area contributed by atoms with Crippen molar-refractivity contribution in [1.82, 2.24) is 19.5 Å². The lowest BCUT2D eigenvalue weighted by molar-refractivity contribution is 0.590. The van der Waals surface area contributed by atoms with Crippen LogP contribution in [0.4, 0.5) is 28.4 Å². The van der Waals surface area contributed by atoms with Crippen molar-refractivity contribution in [1.29, 1.82) is 0 Å². The van der Waals surface area contributed by atoms with Gasteiger partial charge >= 0.3 is 0 Å². The molecular weight excluding hydrogens is 1030 g/mol. The second-order valence-electron chi connectivity index (χ2n) is 24.5. The van der Waals surface area contributed by atoms with Crippen LogP contribution >= 0.6 is 0 Å². The molecule has 85 heavy (non-hydrogen) atoms. The fraction of sp³-hybridized carbons (Fsp3) is 0.115. The van der Waals surface area contributed by atoms with E-state index in [4.69, 9.17) is 15.0 Å². The van der Waals surface area contributed by atoms with Crippen molar-refractivity contribution in [2.24, 2.45) is 0 Å². The lowest BCUT2D eigenvalue weighted by Gasteiger charge is -2.44. The Morgan fingerprint density at radius 1 is 0.412 bits per heavy atom. The quantitative estimate of drug-likeness (QED) is 0.101. The van der Waals surface area contributed by atoms with Crippen molar-refractivity contribution < 1.29 is 0 Å².